The Morgan fingerprint density at radius 2 is 2.23 bits per heavy atom. The van der Waals surface area contributed by atoms with Crippen LogP contribution in [0.2, 0.25) is 0 Å². The van der Waals surface area contributed by atoms with Crippen molar-refractivity contribution in [1.82, 2.24) is 5.16 Å². The van der Waals surface area contributed by atoms with Crippen LogP contribution in [0.3, 0.4) is 0 Å². The molecular formula is C10H18N2O. The summed E-state index contributed by atoms with van der Waals surface area (Å²) in [5.74, 6) is 0.459. The third-order valence-electron chi connectivity index (χ3n) is 2.48. The molecule has 1 aromatic heterocycles. The first kappa shape index (κ1) is 10.1. The first-order chi connectivity index (χ1) is 6.08. The Morgan fingerprint density at radius 1 is 1.54 bits per heavy atom. The van der Waals surface area contributed by atoms with Gasteiger partial charge in [0.25, 0.3) is 0 Å². The van der Waals surface area contributed by atoms with Gasteiger partial charge in [0.2, 0.25) is 5.88 Å². The maximum Gasteiger partial charge on any atom is 0.225 e. The van der Waals surface area contributed by atoms with Crippen molar-refractivity contribution in [3.05, 3.63) is 11.8 Å². The van der Waals surface area contributed by atoms with Gasteiger partial charge >= 0.3 is 0 Å². The number of unbranched alkanes of at least 4 members (excludes halogenated alkanes) is 1. The number of nitrogens with two attached hydrogens (primary N) is 1. The molecule has 0 saturated heterocycles. The quantitative estimate of drug-likeness (QED) is 0.778. The molecule has 0 spiro atoms. The fourth-order valence-corrected chi connectivity index (χ4v) is 1.51. The predicted octanol–water partition coefficient (Wildman–Crippen LogP) is 2.72. The summed E-state index contributed by atoms with van der Waals surface area (Å²) in [6, 6.07) is 0. The van der Waals surface area contributed by atoms with Gasteiger partial charge in [0.1, 0.15) is 0 Å². The number of anilines is 1. The first-order valence-corrected chi connectivity index (χ1v) is 4.78. The minimum atomic E-state index is 0.0834. The molecule has 0 aliphatic carbocycles. The molecule has 0 atom stereocenters. The Hall–Kier alpha value is -0.990. The van der Waals surface area contributed by atoms with Gasteiger partial charge in [-0.25, -0.2) is 0 Å². The molecule has 0 aliphatic heterocycles. The van der Waals surface area contributed by atoms with E-state index >= 15 is 0 Å². The predicted molar refractivity (Wildman–Crippen MR) is 53.5 cm³/mol. The summed E-state index contributed by atoms with van der Waals surface area (Å²) < 4.78 is 4.86. The molecule has 74 valence electrons. The summed E-state index contributed by atoms with van der Waals surface area (Å²) in [5, 5.41) is 3.70. The number of nitrogens with zero attached hydrogens (tertiary/aromatic N) is 1. The molecule has 2 N–H and O–H groups in total. The van der Waals surface area contributed by atoms with E-state index in [1.165, 1.54) is 12.8 Å². The van der Waals surface area contributed by atoms with Gasteiger partial charge in [-0.15, -0.1) is 0 Å². The highest BCUT2D eigenvalue weighted by Gasteiger charge is 2.24. The van der Waals surface area contributed by atoms with Gasteiger partial charge in [-0.3, -0.25) is 0 Å². The van der Waals surface area contributed by atoms with Crippen LogP contribution in [-0.2, 0) is 5.41 Å². The summed E-state index contributed by atoms with van der Waals surface area (Å²) in [6.07, 6.45) is 5.26. The zero-order valence-electron chi connectivity index (χ0n) is 8.63. The normalized spacial score (nSPS) is 11.9. The monoisotopic (exact) mass is 182 g/mol. The third-order valence-corrected chi connectivity index (χ3v) is 2.48. The molecule has 0 bridgehead atoms. The fourth-order valence-electron chi connectivity index (χ4n) is 1.51. The highest BCUT2D eigenvalue weighted by molar-refractivity contribution is 5.39. The molecular weight excluding hydrogens is 164 g/mol. The average molecular weight is 182 g/mol. The first-order valence-electron chi connectivity index (χ1n) is 4.78. The average Bonchev–Trinajstić information content (AvgIpc) is 2.48. The largest absolute Gasteiger partial charge is 0.367 e. The Kier molecular flexibility index (Phi) is 2.96. The number of hydrogen-bond acceptors (Lipinski definition) is 3. The lowest BCUT2D eigenvalue weighted by atomic mass is 9.81. The van der Waals surface area contributed by atoms with E-state index in [1.54, 1.807) is 6.20 Å². The molecule has 13 heavy (non-hydrogen) atoms. The fraction of sp³-hybridized carbons (Fsp3) is 0.700. The van der Waals surface area contributed by atoms with Crippen molar-refractivity contribution in [2.45, 2.75) is 45.4 Å². The van der Waals surface area contributed by atoms with Crippen molar-refractivity contribution in [2.24, 2.45) is 0 Å². The van der Waals surface area contributed by atoms with Gasteiger partial charge in [-0.2, -0.15) is 0 Å². The van der Waals surface area contributed by atoms with Gasteiger partial charge < -0.3 is 10.3 Å². The van der Waals surface area contributed by atoms with E-state index in [0.29, 0.717) is 5.88 Å². The number of hydrogen-bond donors (Lipinski definition) is 1. The molecule has 0 saturated carbocycles. The van der Waals surface area contributed by atoms with E-state index in [4.69, 9.17) is 10.3 Å². The van der Waals surface area contributed by atoms with Crippen LogP contribution in [0, 0.1) is 0 Å². The second kappa shape index (κ2) is 3.81. The Balaban J connectivity index is 2.74. The van der Waals surface area contributed by atoms with Gasteiger partial charge in [0, 0.05) is 5.56 Å². The molecule has 3 nitrogen and oxygen atoms in total. The zero-order valence-corrected chi connectivity index (χ0v) is 8.63. The summed E-state index contributed by atoms with van der Waals surface area (Å²) in [6.45, 7) is 6.53. The molecule has 1 rings (SSSR count). The van der Waals surface area contributed by atoms with Crippen molar-refractivity contribution >= 4 is 5.88 Å². The van der Waals surface area contributed by atoms with Crippen LogP contribution in [0.1, 0.15) is 45.6 Å². The van der Waals surface area contributed by atoms with E-state index < -0.39 is 0 Å². The molecule has 0 amide bonds. The SMILES string of the molecule is CCCCC(C)(C)c1cnoc1N. The molecule has 1 heterocycles. The molecule has 0 unspecified atom stereocenters. The third kappa shape index (κ3) is 2.23. The lowest BCUT2D eigenvalue weighted by Gasteiger charge is -2.22. The van der Waals surface area contributed by atoms with Crippen molar-refractivity contribution in [3.8, 4) is 0 Å². The van der Waals surface area contributed by atoms with Crippen molar-refractivity contribution < 1.29 is 4.52 Å². The second-order valence-corrected chi connectivity index (χ2v) is 4.09. The van der Waals surface area contributed by atoms with E-state index in [1.807, 2.05) is 0 Å². The second-order valence-electron chi connectivity index (χ2n) is 4.09. The topological polar surface area (TPSA) is 52.0 Å². The minimum absolute atomic E-state index is 0.0834. The van der Waals surface area contributed by atoms with Crippen molar-refractivity contribution in [1.29, 1.82) is 0 Å². The van der Waals surface area contributed by atoms with Crippen LogP contribution in [0.5, 0.6) is 0 Å². The molecule has 0 aromatic carbocycles. The highest BCUT2D eigenvalue weighted by Crippen LogP contribution is 2.32. The number of aromatic nitrogens is 1. The minimum Gasteiger partial charge on any atom is -0.367 e. The van der Waals surface area contributed by atoms with E-state index in [9.17, 15) is 0 Å². The van der Waals surface area contributed by atoms with Crippen molar-refractivity contribution in [3.63, 3.8) is 0 Å². The lowest BCUT2D eigenvalue weighted by molar-refractivity contribution is 0.427. The van der Waals surface area contributed by atoms with Crippen LogP contribution in [0.25, 0.3) is 0 Å². The lowest BCUT2D eigenvalue weighted by Crippen LogP contribution is -2.17. The van der Waals surface area contributed by atoms with Gasteiger partial charge in [0.05, 0.1) is 6.20 Å². The van der Waals surface area contributed by atoms with Gasteiger partial charge in [-0.1, -0.05) is 38.8 Å². The molecule has 0 fully saturated rings. The number of nitrogen functional groups attached to an aromatic ring is 1. The van der Waals surface area contributed by atoms with Gasteiger partial charge in [-0.05, 0) is 11.8 Å². The van der Waals surface area contributed by atoms with E-state index in [-0.39, 0.29) is 5.41 Å². The highest BCUT2D eigenvalue weighted by atomic mass is 16.5. The summed E-state index contributed by atoms with van der Waals surface area (Å²) >= 11 is 0. The van der Waals surface area contributed by atoms with Crippen LogP contribution < -0.4 is 5.73 Å². The van der Waals surface area contributed by atoms with Crippen LogP contribution in [0.15, 0.2) is 10.7 Å². The molecule has 1 aromatic rings. The number of rotatable bonds is 4. The van der Waals surface area contributed by atoms with E-state index in [0.717, 1.165) is 12.0 Å². The maximum atomic E-state index is 5.67. The molecule has 3 heteroatoms. The molecule has 0 radical (unpaired) electrons. The molecule has 0 aliphatic rings. The summed E-state index contributed by atoms with van der Waals surface area (Å²) in [5.41, 5.74) is 6.78. The maximum absolute atomic E-state index is 5.67. The van der Waals surface area contributed by atoms with Crippen LogP contribution >= 0.6 is 0 Å². The van der Waals surface area contributed by atoms with Gasteiger partial charge in [0.15, 0.2) is 0 Å². The smallest absolute Gasteiger partial charge is 0.225 e. The Labute approximate surface area is 79.3 Å². The van der Waals surface area contributed by atoms with Crippen molar-refractivity contribution in [2.75, 3.05) is 5.73 Å². The Morgan fingerprint density at radius 3 is 2.69 bits per heavy atom. The summed E-state index contributed by atoms with van der Waals surface area (Å²) in [4.78, 5) is 0. The summed E-state index contributed by atoms with van der Waals surface area (Å²) in [7, 11) is 0. The standard InChI is InChI=1S/C10H18N2O/c1-4-5-6-10(2,3)8-7-12-13-9(8)11/h7H,4-6,11H2,1-3H3. The van der Waals surface area contributed by atoms with E-state index in [2.05, 4.69) is 25.9 Å². The van der Waals surface area contributed by atoms with Crippen LogP contribution in [0.4, 0.5) is 5.88 Å². The zero-order chi connectivity index (χ0) is 9.90. The van der Waals surface area contributed by atoms with Crippen LogP contribution in [-0.4, -0.2) is 5.16 Å². The Bertz CT molecular complexity index is 266.